The van der Waals surface area contributed by atoms with Gasteiger partial charge in [-0.3, -0.25) is 4.79 Å². The highest BCUT2D eigenvalue weighted by molar-refractivity contribution is 6.30. The van der Waals surface area contributed by atoms with E-state index in [1.807, 2.05) is 36.4 Å². The average Bonchev–Trinajstić information content (AvgIpc) is 2.81. The summed E-state index contributed by atoms with van der Waals surface area (Å²) in [5, 5.41) is 0.669. The molecule has 0 fully saturated rings. The van der Waals surface area contributed by atoms with Gasteiger partial charge < -0.3 is 4.98 Å². The number of carbonyl (C=O) groups excluding carboxylic acids is 1. The molecule has 0 saturated heterocycles. The standard InChI is InChI=1S/C15H11ClN2O/c1-9(19)10-5-6-13-14(8-10)18-15(17-13)11-3-2-4-12(16)7-11/h2-8H,1H3,(H,17,18). The highest BCUT2D eigenvalue weighted by Gasteiger charge is 2.07. The third kappa shape index (κ3) is 2.25. The number of nitrogens with one attached hydrogen (secondary N) is 1. The van der Waals surface area contributed by atoms with Crippen LogP contribution in [0, 0.1) is 0 Å². The van der Waals surface area contributed by atoms with Crippen molar-refractivity contribution in [2.24, 2.45) is 0 Å². The first-order chi connectivity index (χ1) is 9.13. The third-order valence-electron chi connectivity index (χ3n) is 2.99. The summed E-state index contributed by atoms with van der Waals surface area (Å²) >= 11 is 5.97. The molecule has 0 amide bonds. The van der Waals surface area contributed by atoms with Crippen LogP contribution in [0.2, 0.25) is 5.02 Å². The Morgan fingerprint density at radius 3 is 2.79 bits per heavy atom. The van der Waals surface area contributed by atoms with Crippen LogP contribution in [0.15, 0.2) is 42.5 Å². The quantitative estimate of drug-likeness (QED) is 0.713. The summed E-state index contributed by atoms with van der Waals surface area (Å²) in [5.74, 6) is 0.791. The van der Waals surface area contributed by atoms with Crippen molar-refractivity contribution in [3.63, 3.8) is 0 Å². The SMILES string of the molecule is CC(=O)c1ccc2nc(-c3cccc(Cl)c3)[nH]c2c1. The molecular formula is C15H11ClN2O. The molecular weight excluding hydrogens is 260 g/mol. The molecule has 19 heavy (non-hydrogen) atoms. The van der Waals surface area contributed by atoms with Crippen LogP contribution in [0.3, 0.4) is 0 Å². The zero-order chi connectivity index (χ0) is 13.4. The lowest BCUT2D eigenvalue weighted by Gasteiger charge is -1.96. The minimum absolute atomic E-state index is 0.0424. The van der Waals surface area contributed by atoms with E-state index in [-0.39, 0.29) is 5.78 Å². The van der Waals surface area contributed by atoms with Gasteiger partial charge in [0.2, 0.25) is 0 Å². The van der Waals surface area contributed by atoms with Gasteiger partial charge in [0.25, 0.3) is 0 Å². The Morgan fingerprint density at radius 2 is 2.05 bits per heavy atom. The van der Waals surface area contributed by atoms with Gasteiger partial charge in [-0.2, -0.15) is 0 Å². The van der Waals surface area contributed by atoms with E-state index in [1.165, 1.54) is 0 Å². The summed E-state index contributed by atoms with van der Waals surface area (Å²) in [5.41, 5.74) is 3.28. The molecule has 0 spiro atoms. The molecule has 0 aliphatic rings. The van der Waals surface area contributed by atoms with Crippen molar-refractivity contribution in [1.29, 1.82) is 0 Å². The molecule has 3 aromatic rings. The number of carbonyl (C=O) groups is 1. The van der Waals surface area contributed by atoms with E-state index in [0.717, 1.165) is 22.4 Å². The highest BCUT2D eigenvalue weighted by atomic mass is 35.5. The summed E-state index contributed by atoms with van der Waals surface area (Å²) in [6.45, 7) is 1.55. The van der Waals surface area contributed by atoms with Crippen LogP contribution in [0.4, 0.5) is 0 Å². The fourth-order valence-corrected chi connectivity index (χ4v) is 2.19. The summed E-state index contributed by atoms with van der Waals surface area (Å²) < 4.78 is 0. The lowest BCUT2D eigenvalue weighted by atomic mass is 10.1. The molecule has 1 heterocycles. The number of H-pyrrole nitrogens is 1. The maximum atomic E-state index is 11.4. The highest BCUT2D eigenvalue weighted by Crippen LogP contribution is 2.23. The van der Waals surface area contributed by atoms with Crippen LogP contribution >= 0.6 is 11.6 Å². The summed E-state index contributed by atoms with van der Waals surface area (Å²) in [4.78, 5) is 19.1. The van der Waals surface area contributed by atoms with Gasteiger partial charge in [-0.1, -0.05) is 23.7 Å². The van der Waals surface area contributed by atoms with E-state index in [0.29, 0.717) is 10.6 Å². The molecule has 0 atom stereocenters. The Morgan fingerprint density at radius 1 is 1.21 bits per heavy atom. The Hall–Kier alpha value is -2.13. The molecule has 1 aromatic heterocycles. The Kier molecular flexibility index (Phi) is 2.84. The molecule has 3 rings (SSSR count). The summed E-state index contributed by atoms with van der Waals surface area (Å²) in [6, 6.07) is 12.9. The first-order valence-electron chi connectivity index (χ1n) is 5.90. The van der Waals surface area contributed by atoms with Gasteiger partial charge in [0.1, 0.15) is 5.82 Å². The number of rotatable bonds is 2. The number of aromatic amines is 1. The van der Waals surface area contributed by atoms with Gasteiger partial charge in [-0.25, -0.2) is 4.98 Å². The Balaban J connectivity index is 2.14. The number of hydrogen-bond acceptors (Lipinski definition) is 2. The van der Waals surface area contributed by atoms with Gasteiger partial charge in [0.05, 0.1) is 11.0 Å². The number of fused-ring (bicyclic) bond motifs is 1. The monoisotopic (exact) mass is 270 g/mol. The van der Waals surface area contributed by atoms with Gasteiger partial charge in [0.15, 0.2) is 5.78 Å². The van der Waals surface area contributed by atoms with Crippen LogP contribution in [0.1, 0.15) is 17.3 Å². The van der Waals surface area contributed by atoms with Crippen molar-refractivity contribution in [2.45, 2.75) is 6.92 Å². The molecule has 2 aromatic carbocycles. The van der Waals surface area contributed by atoms with Crippen LogP contribution in [-0.2, 0) is 0 Å². The lowest BCUT2D eigenvalue weighted by Crippen LogP contribution is -1.90. The summed E-state index contributed by atoms with van der Waals surface area (Å²) in [7, 11) is 0. The molecule has 0 saturated carbocycles. The van der Waals surface area contributed by atoms with E-state index >= 15 is 0 Å². The third-order valence-corrected chi connectivity index (χ3v) is 3.22. The first kappa shape index (κ1) is 11.9. The predicted molar refractivity (Wildman–Crippen MR) is 76.5 cm³/mol. The van der Waals surface area contributed by atoms with Gasteiger partial charge in [-0.15, -0.1) is 0 Å². The zero-order valence-electron chi connectivity index (χ0n) is 10.3. The Bertz CT molecular complexity index is 777. The maximum absolute atomic E-state index is 11.4. The van der Waals surface area contributed by atoms with Gasteiger partial charge in [0, 0.05) is 16.1 Å². The van der Waals surface area contributed by atoms with E-state index < -0.39 is 0 Å². The van der Waals surface area contributed by atoms with Crippen LogP contribution < -0.4 is 0 Å². The maximum Gasteiger partial charge on any atom is 0.159 e. The topological polar surface area (TPSA) is 45.8 Å². The molecule has 1 N–H and O–H groups in total. The predicted octanol–water partition coefficient (Wildman–Crippen LogP) is 4.09. The Labute approximate surface area is 115 Å². The molecule has 94 valence electrons. The van der Waals surface area contributed by atoms with E-state index in [1.54, 1.807) is 13.0 Å². The molecule has 0 aliphatic heterocycles. The number of imidazole rings is 1. The molecule has 0 radical (unpaired) electrons. The fourth-order valence-electron chi connectivity index (χ4n) is 2.00. The fraction of sp³-hybridized carbons (Fsp3) is 0.0667. The number of halogens is 1. The minimum atomic E-state index is 0.0424. The first-order valence-corrected chi connectivity index (χ1v) is 6.28. The normalized spacial score (nSPS) is 10.8. The van der Waals surface area contributed by atoms with Crippen molar-refractivity contribution in [2.75, 3.05) is 0 Å². The molecule has 4 heteroatoms. The second-order valence-corrected chi connectivity index (χ2v) is 4.82. The molecule has 3 nitrogen and oxygen atoms in total. The minimum Gasteiger partial charge on any atom is -0.338 e. The number of aromatic nitrogens is 2. The second-order valence-electron chi connectivity index (χ2n) is 4.38. The average molecular weight is 271 g/mol. The van der Waals surface area contributed by atoms with Crippen molar-refractivity contribution in [3.8, 4) is 11.4 Å². The number of Topliss-reactive ketones (excluding diaryl/α,β-unsaturated/α-hetero) is 1. The second kappa shape index (κ2) is 4.52. The van der Waals surface area contributed by atoms with E-state index in [9.17, 15) is 4.79 Å². The number of hydrogen-bond donors (Lipinski definition) is 1. The van der Waals surface area contributed by atoms with Crippen molar-refractivity contribution in [3.05, 3.63) is 53.1 Å². The van der Waals surface area contributed by atoms with Crippen molar-refractivity contribution in [1.82, 2.24) is 9.97 Å². The van der Waals surface area contributed by atoms with Crippen molar-refractivity contribution < 1.29 is 4.79 Å². The molecule has 0 aliphatic carbocycles. The number of nitrogens with zero attached hydrogens (tertiary/aromatic N) is 1. The van der Waals surface area contributed by atoms with Crippen molar-refractivity contribution >= 4 is 28.4 Å². The number of benzene rings is 2. The van der Waals surface area contributed by atoms with Crippen LogP contribution in [-0.4, -0.2) is 15.8 Å². The largest absolute Gasteiger partial charge is 0.338 e. The van der Waals surface area contributed by atoms with Crippen LogP contribution in [0.5, 0.6) is 0 Å². The lowest BCUT2D eigenvalue weighted by molar-refractivity contribution is 0.101. The molecule has 0 bridgehead atoms. The van der Waals surface area contributed by atoms with E-state index in [2.05, 4.69) is 9.97 Å². The van der Waals surface area contributed by atoms with E-state index in [4.69, 9.17) is 11.6 Å². The molecule has 0 unspecified atom stereocenters. The number of ketones is 1. The van der Waals surface area contributed by atoms with Crippen LogP contribution in [0.25, 0.3) is 22.4 Å². The van der Waals surface area contributed by atoms with Gasteiger partial charge in [-0.05, 0) is 37.3 Å². The smallest absolute Gasteiger partial charge is 0.159 e. The van der Waals surface area contributed by atoms with Gasteiger partial charge >= 0.3 is 0 Å². The summed E-state index contributed by atoms with van der Waals surface area (Å²) in [6.07, 6.45) is 0. The zero-order valence-corrected chi connectivity index (χ0v) is 11.0.